The average Bonchev–Trinajstić information content (AvgIpc) is 3.22. The Hall–Kier alpha value is -1.47. The van der Waals surface area contributed by atoms with Gasteiger partial charge in [0.15, 0.2) is 0 Å². The van der Waals surface area contributed by atoms with Gasteiger partial charge in [0, 0.05) is 0 Å². The zero-order chi connectivity index (χ0) is 15.0. The van der Waals surface area contributed by atoms with Gasteiger partial charge in [0.2, 0.25) is 0 Å². The fraction of sp³-hybridized carbons (Fsp3) is 0.500. The molecular formula is C14H15CoFN2O3. The predicted molar refractivity (Wildman–Crippen MR) is 71.1 cm³/mol. The van der Waals surface area contributed by atoms with Crippen LogP contribution in [-0.4, -0.2) is 9.55 Å². The van der Waals surface area contributed by atoms with Crippen LogP contribution in [-0.2, 0) is 28.5 Å². The summed E-state index contributed by atoms with van der Waals surface area (Å²) in [5.41, 5.74) is -0.386. The number of rotatable bonds is 5. The molecule has 0 radical (unpaired) electrons. The number of hydrogen-bond donors (Lipinski definition) is 1. The molecule has 0 amide bonds. The molecule has 5 nitrogen and oxygen atoms in total. The molecule has 1 saturated carbocycles. The van der Waals surface area contributed by atoms with Crippen molar-refractivity contribution < 1.29 is 24.1 Å². The molecule has 1 fully saturated rings. The van der Waals surface area contributed by atoms with Crippen LogP contribution in [0.5, 0.6) is 0 Å². The SMILES string of the molecule is O=c1cc(CCCC2CC2)c2c(=O)n(CF)[c](=[Co])[nH]c2o1. The second kappa shape index (κ2) is 5.73. The van der Waals surface area contributed by atoms with Gasteiger partial charge in [0.05, 0.1) is 0 Å². The van der Waals surface area contributed by atoms with Crippen molar-refractivity contribution in [1.82, 2.24) is 9.55 Å². The Labute approximate surface area is 126 Å². The van der Waals surface area contributed by atoms with E-state index in [9.17, 15) is 14.0 Å². The zero-order valence-electron chi connectivity index (χ0n) is 11.3. The van der Waals surface area contributed by atoms with Gasteiger partial charge in [-0.2, -0.15) is 0 Å². The Morgan fingerprint density at radius 2 is 2.19 bits per heavy atom. The van der Waals surface area contributed by atoms with Crippen LogP contribution in [0.25, 0.3) is 11.1 Å². The Morgan fingerprint density at radius 3 is 2.86 bits per heavy atom. The van der Waals surface area contributed by atoms with Crippen LogP contribution in [0.15, 0.2) is 20.1 Å². The molecule has 1 N–H and O–H groups in total. The number of aromatic amines is 1. The van der Waals surface area contributed by atoms with Crippen LogP contribution in [0.1, 0.15) is 31.2 Å². The van der Waals surface area contributed by atoms with Gasteiger partial charge < -0.3 is 0 Å². The van der Waals surface area contributed by atoms with E-state index in [4.69, 9.17) is 4.42 Å². The van der Waals surface area contributed by atoms with E-state index in [-0.39, 0.29) is 15.5 Å². The standard InChI is InChI=1S/C14H15FN2O3.Co/c15-7-17-8-16-13-12(14(17)19)10(6-11(18)20-13)3-1-2-9-4-5-9;/h6,9,16H,1-5,7H2;. The molecule has 0 spiro atoms. The van der Waals surface area contributed by atoms with Gasteiger partial charge in [-0.3, -0.25) is 0 Å². The van der Waals surface area contributed by atoms with Gasteiger partial charge in [-0.1, -0.05) is 0 Å². The maximum absolute atomic E-state index is 13.0. The number of nitrogens with one attached hydrogen (secondary N) is 1. The van der Waals surface area contributed by atoms with Crippen LogP contribution < -0.4 is 11.2 Å². The van der Waals surface area contributed by atoms with Crippen molar-refractivity contribution >= 4 is 11.1 Å². The molecule has 2 aromatic heterocycles. The van der Waals surface area contributed by atoms with E-state index < -0.39 is 18.0 Å². The van der Waals surface area contributed by atoms with E-state index >= 15 is 0 Å². The fourth-order valence-electron chi connectivity index (χ4n) is 2.53. The molecule has 2 aromatic rings. The molecule has 3 rings (SSSR count). The van der Waals surface area contributed by atoms with E-state index in [1.165, 1.54) is 18.9 Å². The van der Waals surface area contributed by atoms with Crippen molar-refractivity contribution in [2.24, 2.45) is 5.92 Å². The molecule has 1 aliphatic rings. The molecule has 1 aliphatic carbocycles. The molecular weight excluding hydrogens is 322 g/mol. The summed E-state index contributed by atoms with van der Waals surface area (Å²) in [7, 11) is 0. The van der Waals surface area contributed by atoms with Crippen molar-refractivity contribution in [2.75, 3.05) is 0 Å². The average molecular weight is 337 g/mol. The maximum atomic E-state index is 13.0. The number of nitrogens with zero attached hydrogens (tertiary/aromatic N) is 1. The molecule has 0 bridgehead atoms. The Bertz CT molecular complexity index is 848. The van der Waals surface area contributed by atoms with Crippen LogP contribution in [0.4, 0.5) is 4.39 Å². The molecule has 7 heteroatoms. The quantitative estimate of drug-likeness (QED) is 0.908. The number of aryl methyl sites for hydroxylation is 1. The minimum atomic E-state index is -0.983. The third kappa shape index (κ3) is 2.93. The molecule has 0 aliphatic heterocycles. The Balaban J connectivity index is 2.10. The van der Waals surface area contributed by atoms with Gasteiger partial charge in [-0.25, -0.2) is 0 Å². The summed E-state index contributed by atoms with van der Waals surface area (Å²) in [6, 6.07) is 1.32. The van der Waals surface area contributed by atoms with Crippen LogP contribution in [0.2, 0.25) is 0 Å². The number of alkyl halides is 1. The summed E-state index contributed by atoms with van der Waals surface area (Å²) in [6.07, 6.45) is 5.14. The normalized spacial score (nSPS) is 14.8. The van der Waals surface area contributed by atoms with Crippen molar-refractivity contribution in [3.63, 3.8) is 0 Å². The van der Waals surface area contributed by atoms with Crippen molar-refractivity contribution in [3.8, 4) is 0 Å². The number of H-pyrrole nitrogens is 1. The third-order valence-electron chi connectivity index (χ3n) is 3.81. The summed E-state index contributed by atoms with van der Waals surface area (Å²) in [5.74, 6) is 0.786. The summed E-state index contributed by atoms with van der Waals surface area (Å²) in [4.78, 5) is 26.6. The van der Waals surface area contributed by atoms with Crippen LogP contribution in [0, 0.1) is 10.3 Å². The minimum absolute atomic E-state index is 0.0146. The first kappa shape index (κ1) is 14.5. The van der Waals surface area contributed by atoms with Crippen LogP contribution >= 0.6 is 0 Å². The fourth-order valence-corrected chi connectivity index (χ4v) is 2.81. The zero-order valence-corrected chi connectivity index (χ0v) is 12.3. The van der Waals surface area contributed by atoms with E-state index in [2.05, 4.69) is 20.3 Å². The first-order valence-electron chi connectivity index (χ1n) is 6.92. The van der Waals surface area contributed by atoms with Crippen molar-refractivity contribution in [1.29, 1.82) is 0 Å². The van der Waals surface area contributed by atoms with Gasteiger partial charge in [-0.05, 0) is 0 Å². The topological polar surface area (TPSA) is 68.0 Å². The second-order valence-corrected chi connectivity index (χ2v) is 5.87. The predicted octanol–water partition coefficient (Wildman–Crippen LogP) is 2.02. The molecule has 0 aromatic carbocycles. The molecule has 0 saturated heterocycles. The second-order valence-electron chi connectivity index (χ2n) is 5.38. The Morgan fingerprint density at radius 1 is 1.43 bits per heavy atom. The number of fused-ring (bicyclic) bond motifs is 1. The molecule has 0 atom stereocenters. The van der Waals surface area contributed by atoms with E-state index in [0.29, 0.717) is 12.0 Å². The van der Waals surface area contributed by atoms with Gasteiger partial charge >= 0.3 is 126 Å². The third-order valence-corrected chi connectivity index (χ3v) is 4.22. The summed E-state index contributed by atoms with van der Waals surface area (Å²) in [6.45, 7) is -0.983. The van der Waals surface area contributed by atoms with E-state index in [1.807, 2.05) is 0 Å². The summed E-state index contributed by atoms with van der Waals surface area (Å²) in [5, 5.41) is 0.236. The number of aromatic nitrogens is 2. The monoisotopic (exact) mass is 337 g/mol. The Kier molecular flexibility index (Phi) is 3.94. The molecule has 0 unspecified atom stereocenters. The van der Waals surface area contributed by atoms with Gasteiger partial charge in [-0.15, -0.1) is 0 Å². The van der Waals surface area contributed by atoms with Crippen molar-refractivity contribution in [3.05, 3.63) is 36.8 Å². The molecule has 115 valence electrons. The van der Waals surface area contributed by atoms with Crippen molar-refractivity contribution in [2.45, 2.75) is 38.9 Å². The first-order valence-corrected chi connectivity index (χ1v) is 7.44. The van der Waals surface area contributed by atoms with Crippen LogP contribution in [0.3, 0.4) is 0 Å². The number of hydrogen-bond acceptors (Lipinski definition) is 3. The van der Waals surface area contributed by atoms with E-state index in [1.54, 1.807) is 0 Å². The summed E-state index contributed by atoms with van der Waals surface area (Å²) < 4.78 is 18.8. The van der Waals surface area contributed by atoms with Gasteiger partial charge in [0.1, 0.15) is 0 Å². The molecule has 21 heavy (non-hydrogen) atoms. The molecule has 2 heterocycles. The summed E-state index contributed by atoms with van der Waals surface area (Å²) >= 11 is 4.06. The number of halogens is 1. The van der Waals surface area contributed by atoms with Gasteiger partial charge in [0.25, 0.3) is 0 Å². The first-order chi connectivity index (χ1) is 10.1. The van der Waals surface area contributed by atoms with E-state index in [0.717, 1.165) is 23.3 Å².